The highest BCUT2D eigenvalue weighted by Crippen LogP contribution is 2.13. The van der Waals surface area contributed by atoms with Crippen molar-refractivity contribution in [1.29, 1.82) is 0 Å². The molecule has 1 aliphatic rings. The minimum atomic E-state index is -2.89. The number of benzene rings is 1. The van der Waals surface area contributed by atoms with Gasteiger partial charge < -0.3 is 15.4 Å². The molecule has 27 heavy (non-hydrogen) atoms. The summed E-state index contributed by atoms with van der Waals surface area (Å²) in [6.07, 6.45) is 3.67. The van der Waals surface area contributed by atoms with Crippen molar-refractivity contribution in [1.82, 2.24) is 10.6 Å². The van der Waals surface area contributed by atoms with Gasteiger partial charge in [-0.25, -0.2) is 8.42 Å². The predicted molar refractivity (Wildman–Crippen MR) is 122 cm³/mol. The number of hydrogen-bond acceptors (Lipinski definition) is 4. The van der Waals surface area contributed by atoms with E-state index in [0.717, 1.165) is 38.2 Å². The van der Waals surface area contributed by atoms with Crippen LogP contribution >= 0.6 is 24.0 Å². The molecule has 1 aliphatic heterocycles. The summed E-state index contributed by atoms with van der Waals surface area (Å²) in [5, 5.41) is 6.42. The first-order chi connectivity index (χ1) is 12.5. The van der Waals surface area contributed by atoms with Crippen molar-refractivity contribution in [3.63, 3.8) is 0 Å². The third kappa shape index (κ3) is 9.14. The summed E-state index contributed by atoms with van der Waals surface area (Å²) in [4.78, 5) is 4.57. The summed E-state index contributed by atoms with van der Waals surface area (Å²) in [7, 11) is -2.89. The van der Waals surface area contributed by atoms with Crippen LogP contribution in [-0.2, 0) is 16.3 Å². The molecule has 0 aliphatic carbocycles. The number of aliphatic imine (C=N–C) groups is 1. The van der Waals surface area contributed by atoms with Gasteiger partial charge in [-0.05, 0) is 43.9 Å². The fourth-order valence-electron chi connectivity index (χ4n) is 2.81. The maximum atomic E-state index is 11.6. The van der Waals surface area contributed by atoms with Gasteiger partial charge in [0.2, 0.25) is 0 Å². The molecular formula is C19H32IN3O3S. The standard InChI is InChI=1S/C19H31N3O3S.HI/c1-3-5-13-25-18-8-6-16(7-9-18)10-12-21-19(20-4-2)22-17-11-14-26(23,24)15-17;/h6-9,17H,3-5,10-15H2,1-2H3,(H2,20,21,22);1H. The fraction of sp³-hybridized carbons (Fsp3) is 0.632. The van der Waals surface area contributed by atoms with E-state index in [1.807, 2.05) is 19.1 Å². The van der Waals surface area contributed by atoms with E-state index in [1.54, 1.807) is 0 Å². The lowest BCUT2D eigenvalue weighted by Crippen LogP contribution is -2.44. The van der Waals surface area contributed by atoms with E-state index in [-0.39, 0.29) is 41.5 Å². The van der Waals surface area contributed by atoms with Gasteiger partial charge in [-0.3, -0.25) is 4.99 Å². The monoisotopic (exact) mass is 509 g/mol. The first-order valence-electron chi connectivity index (χ1n) is 9.49. The van der Waals surface area contributed by atoms with Crippen molar-refractivity contribution < 1.29 is 13.2 Å². The quantitative estimate of drug-likeness (QED) is 0.232. The van der Waals surface area contributed by atoms with E-state index >= 15 is 0 Å². The lowest BCUT2D eigenvalue weighted by Gasteiger charge is -2.15. The van der Waals surface area contributed by atoms with Crippen molar-refractivity contribution in [2.24, 2.45) is 4.99 Å². The summed E-state index contributed by atoms with van der Waals surface area (Å²) < 4.78 is 28.8. The van der Waals surface area contributed by atoms with Crippen LogP contribution in [0.25, 0.3) is 0 Å². The SMILES string of the molecule is CCCCOc1ccc(CCN=C(NCC)NC2CCS(=O)(=O)C2)cc1.I. The second-order valence-corrected chi connectivity index (χ2v) is 8.83. The van der Waals surface area contributed by atoms with Gasteiger partial charge >= 0.3 is 0 Å². The van der Waals surface area contributed by atoms with Crippen LogP contribution in [0, 0.1) is 0 Å². The first-order valence-corrected chi connectivity index (χ1v) is 11.3. The van der Waals surface area contributed by atoms with Crippen LogP contribution in [0.4, 0.5) is 0 Å². The Morgan fingerprint density at radius 2 is 2.00 bits per heavy atom. The highest BCUT2D eigenvalue weighted by molar-refractivity contribution is 14.0. The van der Waals surface area contributed by atoms with E-state index in [9.17, 15) is 8.42 Å². The Hall–Kier alpha value is -1.03. The number of hydrogen-bond donors (Lipinski definition) is 2. The molecule has 0 aromatic heterocycles. The van der Waals surface area contributed by atoms with E-state index in [4.69, 9.17) is 4.74 Å². The maximum absolute atomic E-state index is 11.6. The zero-order valence-electron chi connectivity index (χ0n) is 16.2. The molecule has 2 rings (SSSR count). The van der Waals surface area contributed by atoms with Crippen LogP contribution < -0.4 is 15.4 Å². The van der Waals surface area contributed by atoms with Gasteiger partial charge in [-0.15, -0.1) is 24.0 Å². The summed E-state index contributed by atoms with van der Waals surface area (Å²) in [5.41, 5.74) is 1.20. The molecule has 1 atom stereocenters. The minimum absolute atomic E-state index is 0. The zero-order chi connectivity index (χ0) is 18.8. The highest BCUT2D eigenvalue weighted by Gasteiger charge is 2.28. The normalized spacial score (nSPS) is 18.6. The lowest BCUT2D eigenvalue weighted by molar-refractivity contribution is 0.309. The topological polar surface area (TPSA) is 79.8 Å². The molecule has 2 N–H and O–H groups in total. The number of nitrogens with zero attached hydrogens (tertiary/aromatic N) is 1. The van der Waals surface area contributed by atoms with Crippen LogP contribution in [0.3, 0.4) is 0 Å². The van der Waals surface area contributed by atoms with E-state index in [0.29, 0.717) is 18.9 Å². The van der Waals surface area contributed by atoms with Gasteiger partial charge in [-0.2, -0.15) is 0 Å². The number of sulfone groups is 1. The summed E-state index contributed by atoms with van der Waals surface area (Å²) in [6, 6.07) is 8.10. The average molecular weight is 509 g/mol. The van der Waals surface area contributed by atoms with Gasteiger partial charge in [0.25, 0.3) is 0 Å². The smallest absolute Gasteiger partial charge is 0.191 e. The Bertz CT molecular complexity index is 678. The highest BCUT2D eigenvalue weighted by atomic mass is 127. The summed E-state index contributed by atoms with van der Waals surface area (Å²) in [6.45, 7) is 6.30. The van der Waals surface area contributed by atoms with Gasteiger partial charge in [0, 0.05) is 19.1 Å². The number of guanidine groups is 1. The predicted octanol–water partition coefficient (Wildman–Crippen LogP) is 2.77. The number of halogens is 1. The van der Waals surface area contributed by atoms with Crippen LogP contribution in [0.1, 0.15) is 38.7 Å². The van der Waals surface area contributed by atoms with Crippen LogP contribution in [0.5, 0.6) is 5.75 Å². The zero-order valence-corrected chi connectivity index (χ0v) is 19.4. The first kappa shape index (κ1) is 24.0. The molecule has 1 fully saturated rings. The second kappa shape index (κ2) is 12.4. The number of nitrogens with one attached hydrogen (secondary N) is 2. The molecule has 1 heterocycles. The third-order valence-electron chi connectivity index (χ3n) is 4.28. The van der Waals surface area contributed by atoms with Gasteiger partial charge in [-0.1, -0.05) is 25.5 Å². The number of ether oxygens (including phenoxy) is 1. The Morgan fingerprint density at radius 3 is 2.59 bits per heavy atom. The second-order valence-electron chi connectivity index (χ2n) is 6.60. The van der Waals surface area contributed by atoms with E-state index in [1.165, 1.54) is 5.56 Å². The van der Waals surface area contributed by atoms with Crippen molar-refractivity contribution >= 4 is 39.8 Å². The molecule has 6 nitrogen and oxygen atoms in total. The van der Waals surface area contributed by atoms with Crippen molar-refractivity contribution in [3.8, 4) is 5.75 Å². The lowest BCUT2D eigenvalue weighted by atomic mass is 10.1. The Kier molecular flexibility index (Phi) is 11.1. The Morgan fingerprint density at radius 1 is 1.26 bits per heavy atom. The maximum Gasteiger partial charge on any atom is 0.191 e. The van der Waals surface area contributed by atoms with Crippen molar-refractivity contribution in [2.75, 3.05) is 31.2 Å². The molecule has 0 saturated carbocycles. The average Bonchev–Trinajstić information content (AvgIpc) is 2.95. The summed E-state index contributed by atoms with van der Waals surface area (Å²) in [5.74, 6) is 2.05. The third-order valence-corrected chi connectivity index (χ3v) is 6.05. The molecule has 1 aromatic carbocycles. The van der Waals surface area contributed by atoms with Crippen molar-refractivity contribution in [2.45, 2.75) is 45.6 Å². The molecule has 1 saturated heterocycles. The van der Waals surface area contributed by atoms with Crippen LogP contribution in [-0.4, -0.2) is 51.6 Å². The van der Waals surface area contributed by atoms with E-state index in [2.05, 4.69) is 34.7 Å². The molecule has 0 bridgehead atoms. The molecule has 8 heteroatoms. The molecule has 0 spiro atoms. The molecule has 0 radical (unpaired) electrons. The minimum Gasteiger partial charge on any atom is -0.494 e. The van der Waals surface area contributed by atoms with Crippen LogP contribution in [0.15, 0.2) is 29.3 Å². The Balaban J connectivity index is 0.00000364. The molecule has 1 unspecified atom stereocenters. The van der Waals surface area contributed by atoms with Gasteiger partial charge in [0.15, 0.2) is 15.8 Å². The Labute approximate surface area is 180 Å². The van der Waals surface area contributed by atoms with E-state index < -0.39 is 9.84 Å². The molecular weight excluding hydrogens is 477 g/mol. The van der Waals surface area contributed by atoms with Gasteiger partial charge in [0.05, 0.1) is 18.1 Å². The molecule has 0 amide bonds. The molecule has 1 aromatic rings. The number of rotatable bonds is 9. The van der Waals surface area contributed by atoms with Crippen LogP contribution in [0.2, 0.25) is 0 Å². The fourth-order valence-corrected chi connectivity index (χ4v) is 4.48. The largest absolute Gasteiger partial charge is 0.494 e. The number of unbranched alkanes of at least 4 members (excludes halogenated alkanes) is 1. The molecule has 154 valence electrons. The summed E-state index contributed by atoms with van der Waals surface area (Å²) >= 11 is 0. The van der Waals surface area contributed by atoms with Crippen molar-refractivity contribution in [3.05, 3.63) is 29.8 Å². The van der Waals surface area contributed by atoms with Gasteiger partial charge in [0.1, 0.15) is 5.75 Å².